The van der Waals surface area contributed by atoms with Crippen molar-refractivity contribution in [1.82, 2.24) is 14.5 Å². The Bertz CT molecular complexity index is 1410. The molecule has 1 amide bonds. The standard InChI is InChI=1S/C27H30FN5O2S/c1-5-22(34)33-16(3)11-31(12-17(33)4)26-21-10-15(2)23(18-6-8-19(28)9-7-18)25-24(21)32(27(35)30-26)13-20(29)14-36-25/h5-10,16-17,20H,1,11-14,29H2,2-4H3/t16-,17+,20-/m0/s1. The van der Waals surface area contributed by atoms with E-state index < -0.39 is 0 Å². The average molecular weight is 508 g/mol. The van der Waals surface area contributed by atoms with Gasteiger partial charge in [-0.1, -0.05) is 18.7 Å². The molecule has 0 radical (unpaired) electrons. The molecule has 7 nitrogen and oxygen atoms in total. The molecular weight excluding hydrogens is 477 g/mol. The largest absolute Gasteiger partial charge is 0.352 e. The summed E-state index contributed by atoms with van der Waals surface area (Å²) < 4.78 is 15.4. The second kappa shape index (κ2) is 9.37. The van der Waals surface area contributed by atoms with E-state index in [1.807, 2.05) is 25.7 Å². The molecular formula is C27H30FN5O2S. The van der Waals surface area contributed by atoms with Crippen LogP contribution in [0.3, 0.4) is 0 Å². The minimum atomic E-state index is -0.337. The highest BCUT2D eigenvalue weighted by Crippen LogP contribution is 2.43. The van der Waals surface area contributed by atoms with Crippen molar-refractivity contribution in [3.8, 4) is 11.1 Å². The van der Waals surface area contributed by atoms with Gasteiger partial charge in [-0.3, -0.25) is 9.36 Å². The van der Waals surface area contributed by atoms with Crippen molar-refractivity contribution >= 4 is 34.4 Å². The van der Waals surface area contributed by atoms with Crippen molar-refractivity contribution < 1.29 is 9.18 Å². The lowest BCUT2D eigenvalue weighted by Crippen LogP contribution is -2.58. The molecule has 0 bridgehead atoms. The first-order valence-electron chi connectivity index (χ1n) is 12.1. The third-order valence-corrected chi connectivity index (χ3v) is 8.32. The highest BCUT2D eigenvalue weighted by atomic mass is 32.2. The number of amides is 1. The maximum absolute atomic E-state index is 13.7. The number of thioether (sulfide) groups is 1. The fourth-order valence-electron chi connectivity index (χ4n) is 5.56. The molecule has 1 fully saturated rings. The third kappa shape index (κ3) is 4.10. The number of piperazine rings is 1. The maximum Gasteiger partial charge on any atom is 0.350 e. The molecule has 188 valence electrons. The number of hydrogen-bond donors (Lipinski definition) is 1. The van der Waals surface area contributed by atoms with Gasteiger partial charge in [-0.15, -0.1) is 11.8 Å². The normalized spacial score (nSPS) is 22.0. The topological polar surface area (TPSA) is 84.5 Å². The van der Waals surface area contributed by atoms with E-state index in [1.165, 1.54) is 18.2 Å². The Morgan fingerprint density at radius 3 is 2.50 bits per heavy atom. The molecule has 36 heavy (non-hydrogen) atoms. The Balaban J connectivity index is 1.73. The number of halogens is 1. The Morgan fingerprint density at radius 1 is 1.19 bits per heavy atom. The van der Waals surface area contributed by atoms with E-state index in [-0.39, 0.29) is 35.5 Å². The second-order valence-corrected chi connectivity index (χ2v) is 10.8. The second-order valence-electron chi connectivity index (χ2n) is 9.75. The monoisotopic (exact) mass is 507 g/mol. The number of carbonyl (C=O) groups excluding carboxylic acids is 1. The zero-order valence-corrected chi connectivity index (χ0v) is 21.5. The molecule has 2 aromatic carbocycles. The summed E-state index contributed by atoms with van der Waals surface area (Å²) in [7, 11) is 0. The zero-order valence-electron chi connectivity index (χ0n) is 20.7. The van der Waals surface area contributed by atoms with E-state index >= 15 is 0 Å². The summed E-state index contributed by atoms with van der Waals surface area (Å²) >= 11 is 1.63. The summed E-state index contributed by atoms with van der Waals surface area (Å²) in [5.74, 6) is 0.890. The summed E-state index contributed by atoms with van der Waals surface area (Å²) in [4.78, 5) is 35.3. The van der Waals surface area contributed by atoms with Crippen LogP contribution in [0.1, 0.15) is 19.4 Å². The van der Waals surface area contributed by atoms with Crippen LogP contribution in [-0.2, 0) is 11.3 Å². The number of rotatable bonds is 3. The van der Waals surface area contributed by atoms with E-state index in [1.54, 1.807) is 28.5 Å². The summed E-state index contributed by atoms with van der Waals surface area (Å²) in [6.07, 6.45) is 1.35. The first-order chi connectivity index (χ1) is 17.2. The molecule has 2 aliphatic rings. The molecule has 2 aliphatic heterocycles. The third-order valence-electron chi connectivity index (χ3n) is 7.04. The van der Waals surface area contributed by atoms with E-state index in [9.17, 15) is 14.0 Å². The molecule has 0 spiro atoms. The number of aromatic nitrogens is 2. The minimum Gasteiger partial charge on any atom is -0.352 e. The lowest BCUT2D eigenvalue weighted by atomic mass is 9.97. The minimum absolute atomic E-state index is 0.0731. The average Bonchev–Trinajstić information content (AvgIpc) is 3.01. The van der Waals surface area contributed by atoms with E-state index in [0.29, 0.717) is 31.2 Å². The first-order valence-corrected chi connectivity index (χ1v) is 13.1. The summed E-state index contributed by atoms with van der Waals surface area (Å²) in [5.41, 5.74) is 9.74. The van der Waals surface area contributed by atoms with Crippen LogP contribution in [0.2, 0.25) is 0 Å². The molecule has 0 unspecified atom stereocenters. The van der Waals surface area contributed by atoms with E-state index in [0.717, 1.165) is 32.5 Å². The predicted octanol–water partition coefficient (Wildman–Crippen LogP) is 3.56. The Hall–Kier alpha value is -3.17. The quantitative estimate of drug-likeness (QED) is 0.546. The van der Waals surface area contributed by atoms with Crippen LogP contribution in [0.4, 0.5) is 10.2 Å². The lowest BCUT2D eigenvalue weighted by Gasteiger charge is -2.44. The predicted molar refractivity (Wildman–Crippen MR) is 143 cm³/mol. The highest BCUT2D eigenvalue weighted by Gasteiger charge is 2.34. The van der Waals surface area contributed by atoms with Crippen molar-refractivity contribution in [3.05, 3.63) is 64.9 Å². The Labute approximate surface area is 213 Å². The van der Waals surface area contributed by atoms with Crippen molar-refractivity contribution in [2.24, 2.45) is 5.73 Å². The number of nitrogens with two attached hydrogens (primary N) is 1. The van der Waals surface area contributed by atoms with Gasteiger partial charge in [-0.25, -0.2) is 9.18 Å². The molecule has 1 aromatic heterocycles. The van der Waals surface area contributed by atoms with Crippen molar-refractivity contribution in [2.45, 2.75) is 50.3 Å². The maximum atomic E-state index is 13.7. The summed E-state index contributed by atoms with van der Waals surface area (Å²) in [6.45, 7) is 11.2. The smallest absolute Gasteiger partial charge is 0.350 e. The molecule has 9 heteroatoms. The van der Waals surface area contributed by atoms with Crippen LogP contribution in [0.5, 0.6) is 0 Å². The first kappa shape index (κ1) is 24.5. The van der Waals surface area contributed by atoms with Gasteiger partial charge in [0.1, 0.15) is 11.6 Å². The fourth-order valence-corrected chi connectivity index (χ4v) is 6.83. The number of anilines is 1. The van der Waals surface area contributed by atoms with Crippen LogP contribution >= 0.6 is 11.8 Å². The Morgan fingerprint density at radius 2 is 1.86 bits per heavy atom. The van der Waals surface area contributed by atoms with Crippen LogP contribution < -0.4 is 16.3 Å². The number of benzene rings is 2. The van der Waals surface area contributed by atoms with E-state index in [2.05, 4.69) is 22.5 Å². The SMILES string of the molecule is C=CC(=O)N1[C@H](C)CN(c2nc(=O)n3c4c(c(-c5ccc(F)cc5)c(C)cc24)SC[C@@H](N)C3)C[C@@H]1C. The van der Waals surface area contributed by atoms with Gasteiger partial charge in [0.25, 0.3) is 0 Å². The van der Waals surface area contributed by atoms with Gasteiger partial charge in [0.15, 0.2) is 0 Å². The number of nitrogens with zero attached hydrogens (tertiary/aromatic N) is 4. The van der Waals surface area contributed by atoms with Gasteiger partial charge in [0.05, 0.1) is 5.52 Å². The highest BCUT2D eigenvalue weighted by molar-refractivity contribution is 7.99. The molecule has 5 rings (SSSR count). The van der Waals surface area contributed by atoms with Crippen LogP contribution in [0.25, 0.3) is 22.0 Å². The van der Waals surface area contributed by atoms with Gasteiger partial charge in [-0.05, 0) is 56.2 Å². The van der Waals surface area contributed by atoms with Crippen molar-refractivity contribution in [1.29, 1.82) is 0 Å². The van der Waals surface area contributed by atoms with Gasteiger partial charge in [0.2, 0.25) is 5.91 Å². The fraction of sp³-hybridized carbons (Fsp3) is 0.370. The van der Waals surface area contributed by atoms with Crippen molar-refractivity contribution in [2.75, 3.05) is 23.7 Å². The number of carbonyl (C=O) groups is 1. The van der Waals surface area contributed by atoms with Gasteiger partial charge in [0, 0.05) is 59.4 Å². The lowest BCUT2D eigenvalue weighted by molar-refractivity contribution is -0.130. The van der Waals surface area contributed by atoms with Crippen LogP contribution in [0, 0.1) is 12.7 Å². The molecule has 0 saturated carbocycles. The van der Waals surface area contributed by atoms with Crippen LogP contribution in [-0.4, -0.2) is 57.3 Å². The Kier molecular flexibility index (Phi) is 6.38. The molecule has 2 N–H and O–H groups in total. The van der Waals surface area contributed by atoms with Gasteiger partial charge < -0.3 is 15.5 Å². The van der Waals surface area contributed by atoms with E-state index in [4.69, 9.17) is 5.73 Å². The molecule has 1 saturated heterocycles. The van der Waals surface area contributed by atoms with Gasteiger partial charge >= 0.3 is 5.69 Å². The summed E-state index contributed by atoms with van der Waals surface area (Å²) in [6, 6.07) is 8.18. The van der Waals surface area contributed by atoms with Gasteiger partial charge in [-0.2, -0.15) is 4.98 Å². The molecule has 0 aliphatic carbocycles. The summed E-state index contributed by atoms with van der Waals surface area (Å²) in [5, 5.41) is 0.887. The zero-order chi connectivity index (χ0) is 25.7. The number of hydrogen-bond acceptors (Lipinski definition) is 6. The van der Waals surface area contributed by atoms with Crippen LogP contribution in [0.15, 0.2) is 52.7 Å². The number of aryl methyl sites for hydroxylation is 1. The molecule has 3 heterocycles. The van der Waals surface area contributed by atoms with Crippen molar-refractivity contribution in [3.63, 3.8) is 0 Å². The molecule has 3 atom stereocenters. The molecule has 3 aromatic rings.